The third kappa shape index (κ3) is 3.06. The Hall–Kier alpha value is -1.91. The molecule has 0 amide bonds. The van der Waals surface area contributed by atoms with E-state index in [1.54, 1.807) is 12.4 Å². The summed E-state index contributed by atoms with van der Waals surface area (Å²) in [7, 11) is 0. The molecular weight excluding hydrogens is 264 g/mol. The van der Waals surface area contributed by atoms with Crippen LogP contribution in [0.1, 0.15) is 42.1 Å². The van der Waals surface area contributed by atoms with E-state index in [9.17, 15) is 0 Å². The van der Waals surface area contributed by atoms with Gasteiger partial charge < -0.3 is 15.2 Å². The number of nitrogens with zero attached hydrogens (tertiary/aromatic N) is 1. The van der Waals surface area contributed by atoms with Crippen molar-refractivity contribution in [3.63, 3.8) is 0 Å². The summed E-state index contributed by atoms with van der Waals surface area (Å²) in [5.74, 6) is 0.752. The number of aromatic nitrogens is 1. The lowest BCUT2D eigenvalue weighted by Crippen LogP contribution is -2.13. The Morgan fingerprint density at radius 3 is 2.71 bits per heavy atom. The molecule has 4 heteroatoms. The van der Waals surface area contributed by atoms with Gasteiger partial charge in [0.15, 0.2) is 0 Å². The second-order valence-electron chi connectivity index (χ2n) is 5.62. The van der Waals surface area contributed by atoms with Crippen LogP contribution in [-0.2, 0) is 18.0 Å². The fourth-order valence-electron chi connectivity index (χ4n) is 2.52. The van der Waals surface area contributed by atoms with Crippen molar-refractivity contribution < 1.29 is 9.47 Å². The molecule has 4 nitrogen and oxygen atoms in total. The SMILES string of the molecule is CC(C)Oc1cncc(C(N)c2ccc3c(c2)COC3)c1. The molecule has 0 saturated heterocycles. The molecule has 2 N–H and O–H groups in total. The van der Waals surface area contributed by atoms with Crippen LogP contribution < -0.4 is 10.5 Å². The molecule has 1 atom stereocenters. The molecule has 1 aliphatic heterocycles. The van der Waals surface area contributed by atoms with E-state index in [4.69, 9.17) is 15.2 Å². The molecular formula is C17H20N2O2. The summed E-state index contributed by atoms with van der Waals surface area (Å²) in [5.41, 5.74) is 10.9. The number of fused-ring (bicyclic) bond motifs is 1. The van der Waals surface area contributed by atoms with Gasteiger partial charge in [-0.3, -0.25) is 4.98 Å². The number of pyridine rings is 1. The fraction of sp³-hybridized carbons (Fsp3) is 0.353. The molecule has 0 spiro atoms. The van der Waals surface area contributed by atoms with E-state index in [1.807, 2.05) is 19.9 Å². The van der Waals surface area contributed by atoms with Crippen LogP contribution in [-0.4, -0.2) is 11.1 Å². The number of benzene rings is 1. The standard InChI is InChI=1S/C17H20N2O2/c1-11(2)21-16-6-14(7-19-8-16)17(18)12-3-4-13-9-20-10-15(13)5-12/h3-8,11,17H,9-10,18H2,1-2H3. The van der Waals surface area contributed by atoms with Crippen LogP contribution in [0.2, 0.25) is 0 Å². The van der Waals surface area contributed by atoms with Crippen LogP contribution in [0.3, 0.4) is 0 Å². The minimum absolute atomic E-state index is 0.121. The second-order valence-corrected chi connectivity index (χ2v) is 5.62. The average molecular weight is 284 g/mol. The number of rotatable bonds is 4. The van der Waals surface area contributed by atoms with Crippen molar-refractivity contribution in [2.45, 2.75) is 39.2 Å². The molecule has 2 heterocycles. The smallest absolute Gasteiger partial charge is 0.138 e. The maximum Gasteiger partial charge on any atom is 0.138 e. The molecule has 3 rings (SSSR count). The first kappa shape index (κ1) is 14.0. The number of hydrogen-bond donors (Lipinski definition) is 1. The van der Waals surface area contributed by atoms with E-state index in [2.05, 4.69) is 23.2 Å². The molecule has 1 aromatic heterocycles. The van der Waals surface area contributed by atoms with E-state index in [0.29, 0.717) is 13.2 Å². The van der Waals surface area contributed by atoms with Gasteiger partial charge in [-0.2, -0.15) is 0 Å². The predicted octanol–water partition coefficient (Wildman–Crippen LogP) is 2.95. The van der Waals surface area contributed by atoms with Crippen molar-refractivity contribution in [2.75, 3.05) is 0 Å². The summed E-state index contributed by atoms with van der Waals surface area (Å²) in [5, 5.41) is 0. The molecule has 0 radical (unpaired) electrons. The van der Waals surface area contributed by atoms with E-state index in [0.717, 1.165) is 16.9 Å². The normalized spacial score (nSPS) is 15.0. The predicted molar refractivity (Wildman–Crippen MR) is 81.0 cm³/mol. The van der Waals surface area contributed by atoms with Crippen LogP contribution in [0.25, 0.3) is 0 Å². The van der Waals surface area contributed by atoms with Crippen LogP contribution in [0.5, 0.6) is 5.75 Å². The van der Waals surface area contributed by atoms with Crippen LogP contribution in [0, 0.1) is 0 Å². The molecule has 2 aromatic rings. The van der Waals surface area contributed by atoms with Gasteiger partial charge in [0, 0.05) is 6.20 Å². The molecule has 0 aliphatic carbocycles. The lowest BCUT2D eigenvalue weighted by Gasteiger charge is -2.15. The highest BCUT2D eigenvalue weighted by Crippen LogP contribution is 2.27. The Balaban J connectivity index is 1.86. The Labute approximate surface area is 124 Å². The number of ether oxygens (including phenoxy) is 2. The van der Waals surface area contributed by atoms with Crippen LogP contribution in [0.4, 0.5) is 0 Å². The van der Waals surface area contributed by atoms with Gasteiger partial charge in [-0.05, 0) is 42.2 Å². The second kappa shape index (κ2) is 5.84. The first-order valence-corrected chi connectivity index (χ1v) is 7.20. The lowest BCUT2D eigenvalue weighted by atomic mass is 9.97. The van der Waals surface area contributed by atoms with Crippen molar-refractivity contribution in [1.29, 1.82) is 0 Å². The van der Waals surface area contributed by atoms with E-state index in [1.165, 1.54) is 11.1 Å². The average Bonchev–Trinajstić information content (AvgIpc) is 2.93. The summed E-state index contributed by atoms with van der Waals surface area (Å²) >= 11 is 0. The third-order valence-corrected chi connectivity index (χ3v) is 3.57. The molecule has 0 bridgehead atoms. The first-order valence-electron chi connectivity index (χ1n) is 7.20. The van der Waals surface area contributed by atoms with E-state index in [-0.39, 0.29) is 12.1 Å². The molecule has 0 saturated carbocycles. The molecule has 0 fully saturated rings. The Morgan fingerprint density at radius 2 is 1.90 bits per heavy atom. The monoisotopic (exact) mass is 284 g/mol. The van der Waals surface area contributed by atoms with Crippen molar-refractivity contribution in [1.82, 2.24) is 4.98 Å². The first-order chi connectivity index (χ1) is 10.1. The summed E-state index contributed by atoms with van der Waals surface area (Å²) in [6.45, 7) is 5.36. The molecule has 1 aromatic carbocycles. The maximum absolute atomic E-state index is 6.37. The van der Waals surface area contributed by atoms with Crippen LogP contribution in [0.15, 0.2) is 36.7 Å². The van der Waals surface area contributed by atoms with E-state index >= 15 is 0 Å². The minimum atomic E-state index is -0.209. The summed E-state index contributed by atoms with van der Waals surface area (Å²) in [6.07, 6.45) is 3.63. The Kier molecular flexibility index (Phi) is 3.90. The van der Waals surface area contributed by atoms with Gasteiger partial charge in [-0.25, -0.2) is 0 Å². The number of nitrogens with two attached hydrogens (primary N) is 1. The van der Waals surface area contributed by atoms with Gasteiger partial charge >= 0.3 is 0 Å². The topological polar surface area (TPSA) is 57.4 Å². The van der Waals surface area contributed by atoms with E-state index < -0.39 is 0 Å². The molecule has 21 heavy (non-hydrogen) atoms. The molecule has 1 aliphatic rings. The fourth-order valence-corrected chi connectivity index (χ4v) is 2.52. The lowest BCUT2D eigenvalue weighted by molar-refractivity contribution is 0.134. The van der Waals surface area contributed by atoms with Gasteiger partial charge in [0.2, 0.25) is 0 Å². The summed E-state index contributed by atoms with van der Waals surface area (Å²) in [4.78, 5) is 4.23. The number of hydrogen-bond acceptors (Lipinski definition) is 4. The maximum atomic E-state index is 6.37. The zero-order valence-electron chi connectivity index (χ0n) is 12.4. The minimum Gasteiger partial charge on any atom is -0.489 e. The van der Waals surface area contributed by atoms with Gasteiger partial charge in [0.1, 0.15) is 5.75 Å². The summed E-state index contributed by atoms with van der Waals surface area (Å²) in [6, 6.07) is 8.04. The zero-order chi connectivity index (χ0) is 14.8. The molecule has 110 valence electrons. The summed E-state index contributed by atoms with van der Waals surface area (Å²) < 4.78 is 11.1. The van der Waals surface area contributed by atoms with Gasteiger partial charge in [-0.1, -0.05) is 18.2 Å². The highest BCUT2D eigenvalue weighted by molar-refractivity contribution is 5.39. The molecule has 1 unspecified atom stereocenters. The van der Waals surface area contributed by atoms with Crippen molar-refractivity contribution in [3.8, 4) is 5.75 Å². The Bertz CT molecular complexity index is 640. The highest BCUT2D eigenvalue weighted by atomic mass is 16.5. The van der Waals surface area contributed by atoms with Gasteiger partial charge in [-0.15, -0.1) is 0 Å². The van der Waals surface area contributed by atoms with Gasteiger partial charge in [0.05, 0.1) is 31.6 Å². The third-order valence-electron chi connectivity index (χ3n) is 3.57. The van der Waals surface area contributed by atoms with Crippen molar-refractivity contribution in [2.24, 2.45) is 5.73 Å². The largest absolute Gasteiger partial charge is 0.489 e. The Morgan fingerprint density at radius 1 is 1.10 bits per heavy atom. The van der Waals surface area contributed by atoms with Crippen LogP contribution >= 0.6 is 0 Å². The quantitative estimate of drug-likeness (QED) is 0.937. The van der Waals surface area contributed by atoms with Gasteiger partial charge in [0.25, 0.3) is 0 Å². The highest BCUT2D eigenvalue weighted by Gasteiger charge is 2.16. The van der Waals surface area contributed by atoms with Crippen molar-refractivity contribution >= 4 is 0 Å². The van der Waals surface area contributed by atoms with Crippen molar-refractivity contribution in [3.05, 3.63) is 58.9 Å². The zero-order valence-corrected chi connectivity index (χ0v) is 12.4.